The lowest BCUT2D eigenvalue weighted by molar-refractivity contribution is 0.0992. The Morgan fingerprint density at radius 3 is 2.53 bits per heavy atom. The monoisotopic (exact) mass is 404 g/mol. The number of Topliss-reactive ketones (excluding diaryl/α,β-unsaturated/α-hetero) is 1. The van der Waals surface area contributed by atoms with Crippen LogP contribution in [0.1, 0.15) is 15.9 Å². The molecule has 5 heteroatoms. The van der Waals surface area contributed by atoms with Gasteiger partial charge in [0.1, 0.15) is 5.82 Å². The molecule has 2 aromatic rings. The van der Waals surface area contributed by atoms with Crippen molar-refractivity contribution in [3.05, 3.63) is 67.3 Å². The van der Waals surface area contributed by atoms with Crippen molar-refractivity contribution in [3.63, 3.8) is 0 Å². The maximum atomic E-state index is 13.0. The molecule has 0 saturated heterocycles. The lowest BCUT2D eigenvalue weighted by atomic mass is 10.0. The highest BCUT2D eigenvalue weighted by atomic mass is 79.9. The molecule has 0 aliphatic carbocycles. The second-order valence-electron chi connectivity index (χ2n) is 3.96. The molecule has 19 heavy (non-hydrogen) atoms. The molecule has 98 valence electrons. The van der Waals surface area contributed by atoms with Crippen LogP contribution in [0.4, 0.5) is 4.39 Å². The van der Waals surface area contributed by atoms with Gasteiger partial charge in [-0.05, 0) is 51.8 Å². The van der Waals surface area contributed by atoms with Gasteiger partial charge in [-0.25, -0.2) is 4.39 Å². The van der Waals surface area contributed by atoms with Crippen molar-refractivity contribution < 1.29 is 9.18 Å². The molecule has 2 rings (SSSR count). The fraction of sp³-hybridized carbons (Fsp3) is 0.0714. The Labute approximate surface area is 132 Å². The summed E-state index contributed by atoms with van der Waals surface area (Å²) in [6, 6.07) is 9.37. The molecule has 2 aromatic carbocycles. The first-order chi connectivity index (χ1) is 8.97. The fourth-order valence-corrected chi connectivity index (χ4v) is 2.96. The van der Waals surface area contributed by atoms with Gasteiger partial charge in [0.15, 0.2) is 5.78 Å². The molecule has 0 bridgehead atoms. The summed E-state index contributed by atoms with van der Waals surface area (Å²) >= 11 is 12.6. The van der Waals surface area contributed by atoms with Gasteiger partial charge in [0.2, 0.25) is 0 Å². The Kier molecular flexibility index (Phi) is 4.76. The molecule has 0 aliphatic heterocycles. The van der Waals surface area contributed by atoms with Crippen molar-refractivity contribution >= 4 is 49.2 Å². The van der Waals surface area contributed by atoms with E-state index in [1.54, 1.807) is 12.1 Å². The standard InChI is InChI=1S/C14H8Br2ClFO/c15-9-2-1-8(13(17)6-9)5-14(19)11-4-3-10(18)7-12(11)16/h1-4,6-7H,5H2. The van der Waals surface area contributed by atoms with Crippen LogP contribution >= 0.6 is 43.5 Å². The van der Waals surface area contributed by atoms with Crippen molar-refractivity contribution in [2.75, 3.05) is 0 Å². The molecular formula is C14H8Br2ClFO. The smallest absolute Gasteiger partial charge is 0.168 e. The SMILES string of the molecule is O=C(Cc1ccc(Br)cc1Cl)c1ccc(F)cc1Br. The third-order valence-electron chi connectivity index (χ3n) is 2.60. The predicted octanol–water partition coefficient (Wildman–Crippen LogP) is 5.43. The van der Waals surface area contributed by atoms with Crippen molar-refractivity contribution in [2.24, 2.45) is 0 Å². The van der Waals surface area contributed by atoms with E-state index in [9.17, 15) is 9.18 Å². The number of carbonyl (C=O) groups is 1. The van der Waals surface area contributed by atoms with Crippen molar-refractivity contribution in [3.8, 4) is 0 Å². The summed E-state index contributed by atoms with van der Waals surface area (Å²) in [4.78, 5) is 12.2. The summed E-state index contributed by atoms with van der Waals surface area (Å²) in [7, 11) is 0. The van der Waals surface area contributed by atoms with Crippen LogP contribution in [0.15, 0.2) is 45.3 Å². The largest absolute Gasteiger partial charge is 0.294 e. The van der Waals surface area contributed by atoms with E-state index in [-0.39, 0.29) is 18.0 Å². The summed E-state index contributed by atoms with van der Waals surface area (Å²) in [6.45, 7) is 0. The maximum Gasteiger partial charge on any atom is 0.168 e. The summed E-state index contributed by atoms with van der Waals surface area (Å²) in [6.07, 6.45) is 0.177. The molecule has 0 heterocycles. The van der Waals surface area contributed by atoms with Crippen LogP contribution in [0.25, 0.3) is 0 Å². The van der Waals surface area contributed by atoms with Gasteiger partial charge in [-0.15, -0.1) is 0 Å². The second kappa shape index (κ2) is 6.16. The highest BCUT2D eigenvalue weighted by Gasteiger charge is 2.13. The van der Waals surface area contributed by atoms with Crippen molar-refractivity contribution in [1.82, 2.24) is 0 Å². The maximum absolute atomic E-state index is 13.0. The van der Waals surface area contributed by atoms with Crippen LogP contribution in [0.3, 0.4) is 0 Å². The normalized spacial score (nSPS) is 10.5. The van der Waals surface area contributed by atoms with Crippen molar-refractivity contribution in [2.45, 2.75) is 6.42 Å². The molecule has 0 unspecified atom stereocenters. The molecular weight excluding hydrogens is 398 g/mol. The molecule has 0 amide bonds. The number of benzene rings is 2. The molecule has 0 aliphatic rings. The summed E-state index contributed by atoms with van der Waals surface area (Å²) in [5, 5.41) is 0.529. The molecule has 0 N–H and O–H groups in total. The van der Waals surface area contributed by atoms with Gasteiger partial charge in [0.25, 0.3) is 0 Å². The number of carbonyl (C=O) groups excluding carboxylic acids is 1. The van der Waals surface area contributed by atoms with Gasteiger partial charge < -0.3 is 0 Å². The Bertz CT molecular complexity index is 643. The van der Waals surface area contributed by atoms with Crippen LogP contribution in [0, 0.1) is 5.82 Å². The second-order valence-corrected chi connectivity index (χ2v) is 6.14. The predicted molar refractivity (Wildman–Crippen MR) is 81.3 cm³/mol. The van der Waals surface area contributed by atoms with E-state index in [0.717, 1.165) is 10.0 Å². The van der Waals surface area contributed by atoms with Gasteiger partial charge >= 0.3 is 0 Å². The summed E-state index contributed by atoms with van der Waals surface area (Å²) in [5.41, 5.74) is 1.19. The van der Waals surface area contributed by atoms with Crippen LogP contribution in [0.5, 0.6) is 0 Å². The van der Waals surface area contributed by atoms with Crippen LogP contribution < -0.4 is 0 Å². The number of ketones is 1. The highest BCUT2D eigenvalue weighted by molar-refractivity contribution is 9.10. The van der Waals surface area contributed by atoms with E-state index in [0.29, 0.717) is 15.1 Å². The number of hydrogen-bond acceptors (Lipinski definition) is 1. The average Bonchev–Trinajstić information content (AvgIpc) is 2.32. The van der Waals surface area contributed by atoms with E-state index >= 15 is 0 Å². The van der Waals surface area contributed by atoms with Gasteiger partial charge in [-0.3, -0.25) is 4.79 Å². The zero-order valence-corrected chi connectivity index (χ0v) is 13.5. The van der Waals surface area contributed by atoms with Gasteiger partial charge in [-0.1, -0.05) is 33.6 Å². The first kappa shape index (κ1) is 14.7. The van der Waals surface area contributed by atoms with E-state index in [1.807, 2.05) is 6.07 Å². The molecule has 0 saturated carbocycles. The number of rotatable bonds is 3. The molecule has 0 aromatic heterocycles. The average molecular weight is 406 g/mol. The first-order valence-corrected chi connectivity index (χ1v) is 7.36. The van der Waals surface area contributed by atoms with Gasteiger partial charge in [-0.2, -0.15) is 0 Å². The molecule has 0 spiro atoms. The lowest BCUT2D eigenvalue weighted by Crippen LogP contribution is -2.05. The van der Waals surface area contributed by atoms with Crippen LogP contribution in [-0.4, -0.2) is 5.78 Å². The zero-order chi connectivity index (χ0) is 14.0. The number of hydrogen-bond donors (Lipinski definition) is 0. The Balaban J connectivity index is 2.25. The fourth-order valence-electron chi connectivity index (χ4n) is 1.65. The minimum Gasteiger partial charge on any atom is -0.294 e. The minimum absolute atomic E-state index is 0.115. The first-order valence-electron chi connectivity index (χ1n) is 5.39. The number of halogens is 4. The van der Waals surface area contributed by atoms with E-state index in [1.165, 1.54) is 18.2 Å². The Morgan fingerprint density at radius 1 is 1.16 bits per heavy atom. The Hall–Kier alpha value is -0.710. The van der Waals surface area contributed by atoms with Crippen LogP contribution in [0.2, 0.25) is 5.02 Å². The zero-order valence-electron chi connectivity index (χ0n) is 9.59. The molecule has 0 fully saturated rings. The third kappa shape index (κ3) is 3.65. The molecule has 0 radical (unpaired) electrons. The van der Waals surface area contributed by atoms with E-state index < -0.39 is 0 Å². The summed E-state index contributed by atoms with van der Waals surface area (Å²) < 4.78 is 14.3. The van der Waals surface area contributed by atoms with Gasteiger partial charge in [0, 0.05) is 26.0 Å². The highest BCUT2D eigenvalue weighted by Crippen LogP contribution is 2.25. The Morgan fingerprint density at radius 2 is 1.89 bits per heavy atom. The lowest BCUT2D eigenvalue weighted by Gasteiger charge is -2.06. The van der Waals surface area contributed by atoms with Crippen LogP contribution in [-0.2, 0) is 6.42 Å². The summed E-state index contributed by atoms with van der Waals surface area (Å²) in [5.74, 6) is -0.499. The topological polar surface area (TPSA) is 17.1 Å². The molecule has 1 nitrogen and oxygen atoms in total. The van der Waals surface area contributed by atoms with E-state index in [2.05, 4.69) is 31.9 Å². The minimum atomic E-state index is -0.384. The van der Waals surface area contributed by atoms with Crippen molar-refractivity contribution in [1.29, 1.82) is 0 Å². The quantitative estimate of drug-likeness (QED) is 0.621. The van der Waals surface area contributed by atoms with E-state index in [4.69, 9.17) is 11.6 Å². The third-order valence-corrected chi connectivity index (χ3v) is 4.10. The molecule has 0 atom stereocenters. The van der Waals surface area contributed by atoms with Gasteiger partial charge in [0.05, 0.1) is 0 Å².